The van der Waals surface area contributed by atoms with Crippen LogP contribution in [0.2, 0.25) is 29.3 Å². The number of allylic oxidation sites excluding steroid dienone is 2. The predicted octanol–water partition coefficient (Wildman–Crippen LogP) is 5.60. The number of hydrogen-bond acceptors (Lipinski definition) is 7. The van der Waals surface area contributed by atoms with E-state index in [0.29, 0.717) is 30.8 Å². The van der Waals surface area contributed by atoms with E-state index in [9.17, 15) is 22.8 Å². The Kier molecular flexibility index (Phi) is 13.8. The largest absolute Gasteiger partial charge is 0.411 e. The Morgan fingerprint density at radius 3 is 2.29 bits per heavy atom. The number of fused-ring (bicyclic) bond motifs is 1. The van der Waals surface area contributed by atoms with Gasteiger partial charge in [0.25, 0.3) is 0 Å². The van der Waals surface area contributed by atoms with Gasteiger partial charge in [0, 0.05) is 7.11 Å². The third kappa shape index (κ3) is 10.9. The Balaban J connectivity index is 0.000000905. The molecule has 0 fully saturated rings. The summed E-state index contributed by atoms with van der Waals surface area (Å²) in [7, 11) is 2.76. The molecule has 1 aliphatic heterocycles. The molecule has 12 heteroatoms. The summed E-state index contributed by atoms with van der Waals surface area (Å²) in [5.74, 6) is 0.782. The molecule has 215 valence electrons. The van der Waals surface area contributed by atoms with Crippen LogP contribution in [0.3, 0.4) is 0 Å². The number of rotatable bonds is 11. The Morgan fingerprint density at radius 2 is 1.82 bits per heavy atom. The molecule has 1 atom stereocenters. The van der Waals surface area contributed by atoms with Crippen LogP contribution < -0.4 is 9.47 Å². The second-order valence-electron chi connectivity index (χ2n) is 10.1. The van der Waals surface area contributed by atoms with Gasteiger partial charge in [-0.25, -0.2) is 0 Å². The van der Waals surface area contributed by atoms with Gasteiger partial charge in [-0.05, 0) is 0 Å². The molecule has 0 aliphatic carbocycles. The molecule has 0 saturated heterocycles. The number of ether oxygens (including phenoxy) is 5. The van der Waals surface area contributed by atoms with Gasteiger partial charge in [0.1, 0.15) is 6.61 Å². The number of cyclic esters (lactones) is 1. The molecular formula is C26H38F3O7PoSi. The summed E-state index contributed by atoms with van der Waals surface area (Å²) < 4.78 is 58.6. The molecule has 38 heavy (non-hydrogen) atoms. The van der Waals surface area contributed by atoms with Gasteiger partial charge in [-0.1, -0.05) is 0 Å². The summed E-state index contributed by atoms with van der Waals surface area (Å²) in [6, 6.07) is 0.987. The zero-order valence-electron chi connectivity index (χ0n) is 23.3. The Hall–Kier alpha value is -1.64. The minimum Gasteiger partial charge on any atom is -0.375 e. The van der Waals surface area contributed by atoms with Gasteiger partial charge in [0.05, 0.1) is 0 Å². The Bertz CT molecular complexity index is 1000. The number of alkyl halides is 3. The van der Waals surface area contributed by atoms with Gasteiger partial charge in [0.2, 0.25) is 0 Å². The summed E-state index contributed by atoms with van der Waals surface area (Å²) in [5, 5.41) is 0. The average molecular weight is 757 g/mol. The van der Waals surface area contributed by atoms with Crippen LogP contribution in [0.4, 0.5) is 13.2 Å². The van der Waals surface area contributed by atoms with Gasteiger partial charge >= 0.3 is 209 Å². The summed E-state index contributed by atoms with van der Waals surface area (Å²) >= 11 is 1.18. The number of methoxy groups -OCH3 is 3. The molecule has 7 nitrogen and oxygen atoms in total. The summed E-state index contributed by atoms with van der Waals surface area (Å²) in [6.07, 6.45) is -0.910. The van der Waals surface area contributed by atoms with Gasteiger partial charge in [-0.3, -0.25) is 0 Å². The van der Waals surface area contributed by atoms with Crippen LogP contribution in [-0.2, 0) is 32.0 Å². The van der Waals surface area contributed by atoms with Crippen molar-refractivity contribution in [2.24, 2.45) is 0 Å². The first-order valence-electron chi connectivity index (χ1n) is 12.0. The molecule has 1 heterocycles. The zero-order chi connectivity index (χ0) is 29.3. The molecule has 0 aromatic heterocycles. The monoisotopic (exact) mass is 756 g/mol. The van der Waals surface area contributed by atoms with Crippen molar-refractivity contribution in [2.45, 2.75) is 68.7 Å². The maximum Gasteiger partial charge on any atom is 0.411 e. The minimum atomic E-state index is -4.17. The molecule has 2 rings (SSSR count). The molecule has 1 radical (unpaired) electrons. The van der Waals surface area contributed by atoms with Crippen LogP contribution in [0.15, 0.2) is 11.6 Å². The maximum atomic E-state index is 12.5. The van der Waals surface area contributed by atoms with Gasteiger partial charge in [-0.15, -0.1) is 0 Å². The molecule has 1 aromatic carbocycles. The summed E-state index contributed by atoms with van der Waals surface area (Å²) in [5.41, 5.74) is 4.22. The molecule has 0 N–H and O–H groups in total. The fourth-order valence-electron chi connectivity index (χ4n) is 3.66. The molecule has 1 aliphatic rings. The predicted molar refractivity (Wildman–Crippen MR) is 142 cm³/mol. The van der Waals surface area contributed by atoms with Crippen LogP contribution in [0.5, 0.6) is 11.5 Å². The zero-order valence-corrected chi connectivity index (χ0v) is 27.5. The van der Waals surface area contributed by atoms with Crippen LogP contribution in [0, 0.1) is 6.92 Å². The van der Waals surface area contributed by atoms with Crippen molar-refractivity contribution < 1.29 is 46.4 Å². The number of halogens is 3. The number of carbonyl (C=O) groups is 2. The Morgan fingerprint density at radius 1 is 1.18 bits per heavy atom. The van der Waals surface area contributed by atoms with Crippen molar-refractivity contribution in [2.75, 3.05) is 34.5 Å². The smallest absolute Gasteiger partial charge is 0.375 e. The third-order valence-corrected chi connectivity index (χ3v) is 8.76. The van der Waals surface area contributed by atoms with Crippen molar-refractivity contribution in [1.29, 1.82) is 0 Å². The maximum absolute atomic E-state index is 12.5. The SMILES string of the molecule is COC(=O)[CH]([Po])C/C(C)=C/Cc1c(OC)c(C)c2c(c1OCC[Si](C)(C)C)C(=O)OC2.COCC(F)(F)F. The second kappa shape index (κ2) is 15.2. The molecule has 0 amide bonds. The van der Waals surface area contributed by atoms with Crippen molar-refractivity contribution in [1.82, 2.24) is 0 Å². The first-order valence-corrected chi connectivity index (χ1v) is 17.6. The second-order valence-corrected chi connectivity index (χ2v) is 17.9. The summed E-state index contributed by atoms with van der Waals surface area (Å²) in [4.78, 5) is 24.3. The van der Waals surface area contributed by atoms with Crippen molar-refractivity contribution in [3.05, 3.63) is 33.9 Å². The molecule has 0 bridgehead atoms. The number of esters is 2. The quantitative estimate of drug-likeness (QED) is 0.166. The molecule has 0 spiro atoms. The van der Waals surface area contributed by atoms with E-state index in [0.717, 1.165) is 41.2 Å². The number of benzene rings is 1. The third-order valence-electron chi connectivity index (χ3n) is 5.66. The fourth-order valence-corrected chi connectivity index (χ4v) is 5.77. The first kappa shape index (κ1) is 34.4. The minimum absolute atomic E-state index is 0.132. The first-order chi connectivity index (χ1) is 17.6. The molecule has 1 unspecified atom stereocenters. The van der Waals surface area contributed by atoms with Crippen LogP contribution in [-0.4, -0.2) is 85.8 Å². The molecule has 1 aromatic rings. The van der Waals surface area contributed by atoms with Gasteiger partial charge < -0.3 is 4.74 Å². The van der Waals surface area contributed by atoms with E-state index < -0.39 is 20.9 Å². The standard InChI is InChI=1S/C23H33O6Si.C3H5F3O.Po/c1-15(9-11-19(24)26-3)8-10-17-21(27-4)16(2)18-14-29-23(25)20(18)22(17)28-12-13-30(5,6)7;1-7-2-3(4,5)6;/h8,11H,9-10,12-14H2,1-7H3;2H2,1H3;/b15-8+;;. The van der Waals surface area contributed by atoms with Gasteiger partial charge in [-0.2, -0.15) is 13.2 Å². The molecule has 0 saturated carbocycles. The van der Waals surface area contributed by atoms with E-state index in [2.05, 4.69) is 30.5 Å². The summed E-state index contributed by atoms with van der Waals surface area (Å²) in [6.45, 7) is 10.5. The Labute approximate surface area is 239 Å². The normalized spacial score (nSPS) is 14.2. The van der Waals surface area contributed by atoms with E-state index in [4.69, 9.17) is 18.9 Å². The number of carbonyl (C=O) groups excluding carboxylic acids is 2. The average Bonchev–Trinajstić information content (AvgIpc) is 3.19. The van der Waals surface area contributed by atoms with E-state index in [1.807, 2.05) is 13.8 Å². The van der Waals surface area contributed by atoms with E-state index >= 15 is 0 Å². The number of hydrogen-bond donors (Lipinski definition) is 0. The van der Waals surface area contributed by atoms with Crippen LogP contribution in [0.25, 0.3) is 0 Å². The van der Waals surface area contributed by atoms with E-state index in [-0.39, 0.29) is 22.1 Å². The van der Waals surface area contributed by atoms with Crippen LogP contribution >= 0.6 is 0 Å². The molecular weight excluding hydrogens is 718 g/mol. The van der Waals surface area contributed by atoms with Gasteiger partial charge in [0.15, 0.2) is 0 Å². The van der Waals surface area contributed by atoms with E-state index in [1.54, 1.807) is 7.11 Å². The fraction of sp³-hybridized carbons (Fsp3) is 0.615. The topological polar surface area (TPSA) is 80.3 Å². The van der Waals surface area contributed by atoms with E-state index in [1.165, 1.54) is 32.2 Å². The van der Waals surface area contributed by atoms with Crippen molar-refractivity contribution >= 4 is 45.1 Å². The van der Waals surface area contributed by atoms with Crippen LogP contribution in [0.1, 0.15) is 40.4 Å². The van der Waals surface area contributed by atoms with Crippen molar-refractivity contribution in [3.8, 4) is 11.5 Å². The van der Waals surface area contributed by atoms with Crippen molar-refractivity contribution in [3.63, 3.8) is 0 Å².